The topological polar surface area (TPSA) is 35.6 Å². The molecule has 1 saturated heterocycles. The van der Waals surface area contributed by atoms with Gasteiger partial charge in [0, 0.05) is 31.9 Å². The summed E-state index contributed by atoms with van der Waals surface area (Å²) in [5.74, 6) is 0.281. The quantitative estimate of drug-likeness (QED) is 0.830. The first-order valence-electron chi connectivity index (χ1n) is 9.10. The molecule has 4 nitrogen and oxygen atoms in total. The van der Waals surface area contributed by atoms with E-state index in [4.69, 9.17) is 0 Å². The molecule has 26 heavy (non-hydrogen) atoms. The molecule has 138 valence electrons. The zero-order valence-corrected chi connectivity index (χ0v) is 15.2. The average molecular weight is 355 g/mol. The van der Waals surface area contributed by atoms with Gasteiger partial charge in [0.25, 0.3) is 0 Å². The number of carbonyl (C=O) groups is 1. The lowest BCUT2D eigenvalue weighted by Gasteiger charge is -2.19. The molecule has 1 heterocycles. The Labute approximate surface area is 154 Å². The highest BCUT2D eigenvalue weighted by Crippen LogP contribution is 2.23. The van der Waals surface area contributed by atoms with E-state index in [1.807, 2.05) is 42.3 Å². The van der Waals surface area contributed by atoms with Crippen molar-refractivity contribution in [3.63, 3.8) is 0 Å². The number of benzene rings is 2. The highest BCUT2D eigenvalue weighted by Gasteiger charge is 2.23. The van der Waals surface area contributed by atoms with Crippen LogP contribution in [0.1, 0.15) is 12.0 Å². The van der Waals surface area contributed by atoms with Gasteiger partial charge in [-0.1, -0.05) is 30.3 Å². The number of nitrogens with zero attached hydrogens (tertiary/aromatic N) is 2. The van der Waals surface area contributed by atoms with E-state index in [1.54, 1.807) is 0 Å². The minimum absolute atomic E-state index is 0.0589. The van der Waals surface area contributed by atoms with Gasteiger partial charge in [0.15, 0.2) is 0 Å². The van der Waals surface area contributed by atoms with Gasteiger partial charge in [-0.2, -0.15) is 0 Å². The SMILES string of the molecule is CN(CC(=O)NCC1CCN(c2ccc(F)cc2)C1)Cc1ccccc1. The van der Waals surface area contributed by atoms with Crippen LogP contribution in [0.2, 0.25) is 0 Å². The Morgan fingerprint density at radius 3 is 2.65 bits per heavy atom. The van der Waals surface area contributed by atoms with Crippen LogP contribution >= 0.6 is 0 Å². The van der Waals surface area contributed by atoms with Gasteiger partial charge in [0.05, 0.1) is 6.54 Å². The Bertz CT molecular complexity index is 705. The minimum atomic E-state index is -0.212. The molecule has 5 heteroatoms. The molecule has 0 radical (unpaired) electrons. The summed E-state index contributed by atoms with van der Waals surface area (Å²) in [6.45, 7) is 3.68. The Hall–Kier alpha value is -2.40. The van der Waals surface area contributed by atoms with Crippen LogP contribution in [0.5, 0.6) is 0 Å². The van der Waals surface area contributed by atoms with E-state index in [2.05, 4.69) is 22.3 Å². The summed E-state index contributed by atoms with van der Waals surface area (Å²) in [6, 6.07) is 16.8. The molecular weight excluding hydrogens is 329 g/mol. The molecule has 1 aliphatic rings. The maximum atomic E-state index is 13.0. The van der Waals surface area contributed by atoms with Crippen molar-refractivity contribution in [2.75, 3.05) is 38.1 Å². The summed E-state index contributed by atoms with van der Waals surface area (Å²) >= 11 is 0. The first-order valence-corrected chi connectivity index (χ1v) is 9.10. The molecule has 3 rings (SSSR count). The highest BCUT2D eigenvalue weighted by atomic mass is 19.1. The van der Waals surface area contributed by atoms with E-state index in [9.17, 15) is 9.18 Å². The van der Waals surface area contributed by atoms with Crippen LogP contribution in [0.4, 0.5) is 10.1 Å². The molecule has 0 aliphatic carbocycles. The zero-order chi connectivity index (χ0) is 18.4. The monoisotopic (exact) mass is 355 g/mol. The third kappa shape index (κ3) is 5.30. The molecule has 0 spiro atoms. The molecule has 2 aromatic rings. The summed E-state index contributed by atoms with van der Waals surface area (Å²) in [4.78, 5) is 16.4. The predicted octanol–water partition coefficient (Wildman–Crippen LogP) is 2.90. The van der Waals surface area contributed by atoms with Crippen LogP contribution in [0, 0.1) is 11.7 Å². The van der Waals surface area contributed by atoms with E-state index in [1.165, 1.54) is 17.7 Å². The van der Waals surface area contributed by atoms with Crippen LogP contribution in [0.3, 0.4) is 0 Å². The third-order valence-electron chi connectivity index (χ3n) is 4.77. The van der Waals surface area contributed by atoms with Crippen LogP contribution < -0.4 is 10.2 Å². The summed E-state index contributed by atoms with van der Waals surface area (Å²) < 4.78 is 13.0. The summed E-state index contributed by atoms with van der Waals surface area (Å²) in [5, 5.41) is 3.06. The third-order valence-corrected chi connectivity index (χ3v) is 4.77. The second kappa shape index (κ2) is 8.81. The molecule has 1 atom stereocenters. The van der Waals surface area contributed by atoms with Gasteiger partial charge in [-0.15, -0.1) is 0 Å². The van der Waals surface area contributed by atoms with Crippen molar-refractivity contribution in [3.05, 3.63) is 66.0 Å². The van der Waals surface area contributed by atoms with E-state index < -0.39 is 0 Å². The zero-order valence-electron chi connectivity index (χ0n) is 15.2. The summed E-state index contributed by atoms with van der Waals surface area (Å²) in [5.41, 5.74) is 2.25. The number of carbonyl (C=O) groups excluding carboxylic acids is 1. The number of anilines is 1. The fraction of sp³-hybridized carbons (Fsp3) is 0.381. The minimum Gasteiger partial charge on any atom is -0.371 e. The van der Waals surface area contributed by atoms with Gasteiger partial charge in [-0.25, -0.2) is 4.39 Å². The van der Waals surface area contributed by atoms with Crippen molar-refractivity contribution in [2.24, 2.45) is 5.92 Å². The maximum Gasteiger partial charge on any atom is 0.234 e. The Morgan fingerprint density at radius 1 is 1.19 bits per heavy atom. The fourth-order valence-electron chi connectivity index (χ4n) is 3.40. The lowest BCUT2D eigenvalue weighted by Crippen LogP contribution is -2.37. The predicted molar refractivity (Wildman–Crippen MR) is 103 cm³/mol. The van der Waals surface area contributed by atoms with Crippen LogP contribution in [0.25, 0.3) is 0 Å². The number of nitrogens with one attached hydrogen (secondary N) is 1. The van der Waals surface area contributed by atoms with E-state index in [-0.39, 0.29) is 11.7 Å². The van der Waals surface area contributed by atoms with E-state index in [0.29, 0.717) is 19.0 Å². The van der Waals surface area contributed by atoms with Crippen LogP contribution in [0.15, 0.2) is 54.6 Å². The number of hydrogen-bond acceptors (Lipinski definition) is 3. The van der Waals surface area contributed by atoms with Crippen molar-refractivity contribution in [3.8, 4) is 0 Å². The van der Waals surface area contributed by atoms with Gasteiger partial charge in [-0.05, 0) is 49.2 Å². The molecule has 1 unspecified atom stereocenters. The van der Waals surface area contributed by atoms with Crippen LogP contribution in [-0.2, 0) is 11.3 Å². The average Bonchev–Trinajstić information content (AvgIpc) is 3.10. The standard InChI is InChI=1S/C21H26FN3O/c1-24(14-17-5-3-2-4-6-17)16-21(26)23-13-18-11-12-25(15-18)20-9-7-19(22)8-10-20/h2-10,18H,11-16H2,1H3,(H,23,26). The Morgan fingerprint density at radius 2 is 1.92 bits per heavy atom. The molecule has 2 aromatic carbocycles. The van der Waals surface area contributed by atoms with Gasteiger partial charge in [-0.3, -0.25) is 9.69 Å². The van der Waals surface area contributed by atoms with Crippen LogP contribution in [-0.4, -0.2) is 44.0 Å². The number of hydrogen-bond donors (Lipinski definition) is 1. The van der Waals surface area contributed by atoms with Gasteiger partial charge < -0.3 is 10.2 Å². The number of amides is 1. The van der Waals surface area contributed by atoms with Crippen molar-refractivity contribution in [2.45, 2.75) is 13.0 Å². The highest BCUT2D eigenvalue weighted by molar-refractivity contribution is 5.78. The van der Waals surface area contributed by atoms with Crippen molar-refractivity contribution in [1.82, 2.24) is 10.2 Å². The normalized spacial score (nSPS) is 16.9. The summed E-state index contributed by atoms with van der Waals surface area (Å²) in [6.07, 6.45) is 1.04. The first-order chi connectivity index (χ1) is 12.6. The molecule has 0 aromatic heterocycles. The molecule has 0 saturated carbocycles. The Kier molecular flexibility index (Phi) is 6.23. The van der Waals surface area contributed by atoms with Crippen molar-refractivity contribution < 1.29 is 9.18 Å². The molecule has 1 aliphatic heterocycles. The number of rotatable bonds is 7. The van der Waals surface area contributed by atoms with Crippen molar-refractivity contribution in [1.29, 1.82) is 0 Å². The molecule has 1 fully saturated rings. The summed E-state index contributed by atoms with van der Waals surface area (Å²) in [7, 11) is 1.96. The van der Waals surface area contributed by atoms with Crippen molar-refractivity contribution >= 4 is 11.6 Å². The molecule has 0 bridgehead atoms. The van der Waals surface area contributed by atoms with E-state index >= 15 is 0 Å². The smallest absolute Gasteiger partial charge is 0.234 e. The fourth-order valence-corrected chi connectivity index (χ4v) is 3.40. The lowest BCUT2D eigenvalue weighted by molar-refractivity contribution is -0.122. The second-order valence-corrected chi connectivity index (χ2v) is 7.04. The number of likely N-dealkylation sites (N-methyl/N-ethyl adjacent to an activating group) is 1. The maximum absolute atomic E-state index is 13.0. The Balaban J connectivity index is 1.39. The van der Waals surface area contributed by atoms with Gasteiger partial charge in [0.1, 0.15) is 5.82 Å². The van der Waals surface area contributed by atoms with E-state index in [0.717, 1.165) is 31.7 Å². The van der Waals surface area contributed by atoms with Gasteiger partial charge in [0.2, 0.25) is 5.91 Å². The first kappa shape index (κ1) is 18.4. The number of halogens is 1. The largest absolute Gasteiger partial charge is 0.371 e. The molecular formula is C21H26FN3O. The second-order valence-electron chi connectivity index (χ2n) is 7.04. The molecule has 1 N–H and O–H groups in total. The lowest BCUT2D eigenvalue weighted by atomic mass is 10.1. The van der Waals surface area contributed by atoms with Gasteiger partial charge >= 0.3 is 0 Å². The molecule has 1 amide bonds.